The Kier molecular flexibility index (Phi) is 4.67. The molecule has 0 aliphatic carbocycles. The van der Waals surface area contributed by atoms with Crippen LogP contribution >= 0.6 is 0 Å². The number of rotatable bonds is 5. The summed E-state index contributed by atoms with van der Waals surface area (Å²) >= 11 is 0. The second-order valence-electron chi connectivity index (χ2n) is 5.17. The lowest BCUT2D eigenvalue weighted by Crippen LogP contribution is -2.22. The number of hydrogen-bond acceptors (Lipinski definition) is 7. The highest BCUT2D eigenvalue weighted by molar-refractivity contribution is 6.45. The van der Waals surface area contributed by atoms with Crippen LogP contribution in [0.5, 0.6) is 11.5 Å². The van der Waals surface area contributed by atoms with Crippen LogP contribution in [0.25, 0.3) is 0 Å². The van der Waals surface area contributed by atoms with Gasteiger partial charge in [0, 0.05) is 11.8 Å². The number of anilines is 2. The zero-order chi connectivity index (χ0) is 18.5. The monoisotopic (exact) mass is 350 g/mol. The molecule has 0 spiro atoms. The van der Waals surface area contributed by atoms with Crippen molar-refractivity contribution in [3.63, 3.8) is 0 Å². The van der Waals surface area contributed by atoms with Crippen LogP contribution in [0.4, 0.5) is 11.4 Å². The average Bonchev–Trinajstić information content (AvgIpc) is 3.10. The molecular formula is C17H14N6O3. The van der Waals surface area contributed by atoms with Crippen LogP contribution in [-0.2, 0) is 0 Å². The molecule has 0 fully saturated rings. The van der Waals surface area contributed by atoms with Crippen molar-refractivity contribution in [3.05, 3.63) is 48.0 Å². The second-order valence-corrected chi connectivity index (χ2v) is 5.17. The van der Waals surface area contributed by atoms with E-state index in [0.29, 0.717) is 28.4 Å². The van der Waals surface area contributed by atoms with Crippen LogP contribution in [0.3, 0.4) is 0 Å². The second kappa shape index (κ2) is 7.23. The quantitative estimate of drug-likeness (QED) is 0.368. The lowest BCUT2D eigenvalue weighted by molar-refractivity contribution is 0.102. The first kappa shape index (κ1) is 16.8. The summed E-state index contributed by atoms with van der Waals surface area (Å²) in [5, 5.41) is 22.6. The zero-order valence-electron chi connectivity index (χ0n) is 13.4. The number of nitrogens with zero attached hydrogens (tertiary/aromatic N) is 2. The Hall–Kier alpha value is -4.06. The van der Waals surface area contributed by atoms with Crippen LogP contribution in [0.1, 0.15) is 10.4 Å². The highest BCUT2D eigenvalue weighted by Crippen LogP contribution is 2.34. The summed E-state index contributed by atoms with van der Waals surface area (Å²) in [7, 11) is 0. The molecule has 3 rings (SSSR count). The van der Waals surface area contributed by atoms with E-state index in [-0.39, 0.29) is 18.4 Å². The molecule has 0 bridgehead atoms. The van der Waals surface area contributed by atoms with E-state index in [2.05, 4.69) is 15.8 Å². The maximum atomic E-state index is 12.6. The Morgan fingerprint density at radius 2 is 2.00 bits per heavy atom. The van der Waals surface area contributed by atoms with E-state index in [1.54, 1.807) is 48.5 Å². The molecule has 0 aromatic heterocycles. The Morgan fingerprint density at radius 3 is 2.77 bits per heavy atom. The first-order chi connectivity index (χ1) is 12.6. The maximum absolute atomic E-state index is 12.6. The Bertz CT molecular complexity index is 948. The van der Waals surface area contributed by atoms with Gasteiger partial charge in [-0.1, -0.05) is 12.1 Å². The first-order valence-electron chi connectivity index (χ1n) is 7.46. The minimum absolute atomic E-state index is 0.148. The summed E-state index contributed by atoms with van der Waals surface area (Å²) in [6.07, 6.45) is 0. The summed E-state index contributed by atoms with van der Waals surface area (Å²) in [5.74, 6) is 0.317. The number of nitrogens with two attached hydrogens (primary N) is 1. The zero-order valence-corrected chi connectivity index (χ0v) is 13.4. The third-order valence-electron chi connectivity index (χ3n) is 3.45. The van der Waals surface area contributed by atoms with E-state index >= 15 is 0 Å². The summed E-state index contributed by atoms with van der Waals surface area (Å²) in [5.41, 5.74) is 8.76. The van der Waals surface area contributed by atoms with Crippen LogP contribution in [0.2, 0.25) is 0 Å². The molecular weight excluding hydrogens is 336 g/mol. The van der Waals surface area contributed by atoms with Gasteiger partial charge in [-0.2, -0.15) is 10.4 Å². The summed E-state index contributed by atoms with van der Waals surface area (Å²) in [6.45, 7) is 0.148. The number of fused-ring (bicyclic) bond motifs is 1. The number of amidine groups is 1. The van der Waals surface area contributed by atoms with Crippen molar-refractivity contribution in [2.24, 2.45) is 10.8 Å². The molecule has 130 valence electrons. The number of nitriles is 1. The molecule has 26 heavy (non-hydrogen) atoms. The predicted molar refractivity (Wildman–Crippen MR) is 95.5 cm³/mol. The van der Waals surface area contributed by atoms with Crippen molar-refractivity contribution in [3.8, 4) is 17.6 Å². The van der Waals surface area contributed by atoms with Gasteiger partial charge in [0.05, 0.1) is 11.3 Å². The van der Waals surface area contributed by atoms with Crippen LogP contribution in [0, 0.1) is 16.7 Å². The smallest absolute Gasteiger partial charge is 0.257 e. The number of para-hydroxylation sites is 1. The summed E-state index contributed by atoms with van der Waals surface area (Å²) in [4.78, 5) is 12.6. The lowest BCUT2D eigenvalue weighted by Gasteiger charge is -2.10. The van der Waals surface area contributed by atoms with Gasteiger partial charge in [0.2, 0.25) is 12.5 Å². The minimum Gasteiger partial charge on any atom is -0.454 e. The molecule has 9 nitrogen and oxygen atoms in total. The Morgan fingerprint density at radius 1 is 1.23 bits per heavy atom. The molecule has 0 saturated heterocycles. The molecule has 1 amide bonds. The topological polar surface area (TPSA) is 146 Å². The van der Waals surface area contributed by atoms with Gasteiger partial charge in [0.25, 0.3) is 5.91 Å². The van der Waals surface area contributed by atoms with E-state index in [4.69, 9.17) is 25.9 Å². The molecule has 0 radical (unpaired) electrons. The minimum atomic E-state index is -0.470. The number of hydrogen-bond donors (Lipinski definition) is 4. The molecule has 0 atom stereocenters. The Balaban J connectivity index is 1.80. The van der Waals surface area contributed by atoms with Crippen molar-refractivity contribution >= 4 is 28.8 Å². The molecule has 9 heteroatoms. The highest BCUT2D eigenvalue weighted by atomic mass is 16.7. The lowest BCUT2D eigenvalue weighted by atomic mass is 10.1. The number of ether oxygens (including phenoxy) is 2. The van der Waals surface area contributed by atoms with Crippen LogP contribution < -0.4 is 25.9 Å². The third kappa shape index (κ3) is 3.54. The molecule has 1 aliphatic rings. The van der Waals surface area contributed by atoms with Gasteiger partial charge in [-0.3, -0.25) is 15.6 Å². The standard InChI is InChI=1S/C17H14N6O3/c18-8-13(16(19)20)23-22-12-4-2-1-3-11(12)17(24)21-10-5-6-14-15(7-10)26-9-25-14/h1-7,22H,9H2,(H3,19,20)(H,21,24)/b23-13+. The van der Waals surface area contributed by atoms with Crippen molar-refractivity contribution in [2.45, 2.75) is 0 Å². The van der Waals surface area contributed by atoms with Gasteiger partial charge < -0.3 is 20.5 Å². The number of benzene rings is 2. The van der Waals surface area contributed by atoms with E-state index in [0.717, 1.165) is 0 Å². The van der Waals surface area contributed by atoms with Crippen molar-refractivity contribution in [1.29, 1.82) is 10.7 Å². The molecule has 5 N–H and O–H groups in total. The van der Waals surface area contributed by atoms with Gasteiger partial charge in [-0.25, -0.2) is 0 Å². The number of carbonyl (C=O) groups excluding carboxylic acids is 1. The molecule has 2 aromatic carbocycles. The van der Waals surface area contributed by atoms with Crippen molar-refractivity contribution in [2.75, 3.05) is 17.5 Å². The highest BCUT2D eigenvalue weighted by Gasteiger charge is 2.16. The van der Waals surface area contributed by atoms with E-state index in [1.165, 1.54) is 0 Å². The van der Waals surface area contributed by atoms with Gasteiger partial charge in [-0.15, -0.1) is 0 Å². The number of nitrogens with one attached hydrogen (secondary N) is 3. The summed E-state index contributed by atoms with van der Waals surface area (Å²) < 4.78 is 10.5. The fourth-order valence-electron chi connectivity index (χ4n) is 2.21. The van der Waals surface area contributed by atoms with Gasteiger partial charge in [0.15, 0.2) is 17.3 Å². The van der Waals surface area contributed by atoms with Gasteiger partial charge in [0.1, 0.15) is 6.07 Å². The average molecular weight is 350 g/mol. The molecule has 1 heterocycles. The van der Waals surface area contributed by atoms with Gasteiger partial charge in [-0.05, 0) is 24.3 Å². The van der Waals surface area contributed by atoms with Crippen LogP contribution in [-0.4, -0.2) is 24.2 Å². The SMILES string of the molecule is N#C/C(=N\Nc1ccccc1C(=O)Nc1ccc2c(c1)OCO2)C(=N)N. The molecule has 0 unspecified atom stereocenters. The fourth-order valence-corrected chi connectivity index (χ4v) is 2.21. The Labute approximate surface area is 148 Å². The van der Waals surface area contributed by atoms with Crippen LogP contribution in [0.15, 0.2) is 47.6 Å². The van der Waals surface area contributed by atoms with E-state index in [1.807, 2.05) is 0 Å². The van der Waals surface area contributed by atoms with Gasteiger partial charge >= 0.3 is 0 Å². The van der Waals surface area contributed by atoms with Crippen molar-refractivity contribution in [1.82, 2.24) is 0 Å². The third-order valence-corrected chi connectivity index (χ3v) is 3.45. The number of hydrazone groups is 1. The first-order valence-corrected chi connectivity index (χ1v) is 7.46. The fraction of sp³-hybridized carbons (Fsp3) is 0.0588. The molecule has 1 aliphatic heterocycles. The van der Waals surface area contributed by atoms with Crippen molar-refractivity contribution < 1.29 is 14.3 Å². The maximum Gasteiger partial charge on any atom is 0.257 e. The number of amides is 1. The molecule has 2 aromatic rings. The van der Waals surface area contributed by atoms with E-state index < -0.39 is 5.84 Å². The predicted octanol–water partition coefficient (Wildman–Crippen LogP) is 1.90. The largest absolute Gasteiger partial charge is 0.454 e. The number of carbonyl (C=O) groups is 1. The normalized spacial score (nSPS) is 12.2. The summed E-state index contributed by atoms with van der Waals surface area (Å²) in [6, 6.07) is 13.4. The van der Waals surface area contributed by atoms with E-state index in [9.17, 15) is 4.79 Å². The molecule has 0 saturated carbocycles.